The zero-order chi connectivity index (χ0) is 22.8. The number of hydrogen-bond donors (Lipinski definition) is 0. The fourth-order valence-corrected chi connectivity index (χ4v) is 5.43. The SMILES string of the molecule is CC(C)S(=O)(=O)CC1CC(c2ccc(C(F)(F)F)cc2)CN(C(=O)N2CCOCC2)C1. The van der Waals surface area contributed by atoms with Crippen molar-refractivity contribution < 1.29 is 31.1 Å². The fourth-order valence-electron chi connectivity index (χ4n) is 4.14. The van der Waals surface area contributed by atoms with Crippen LogP contribution in [0.1, 0.15) is 37.3 Å². The Morgan fingerprint density at radius 1 is 1.10 bits per heavy atom. The second-order valence-corrected chi connectivity index (χ2v) is 11.2. The van der Waals surface area contributed by atoms with Gasteiger partial charge in [0.2, 0.25) is 0 Å². The van der Waals surface area contributed by atoms with Crippen molar-refractivity contribution in [3.63, 3.8) is 0 Å². The molecule has 0 aromatic heterocycles. The van der Waals surface area contributed by atoms with E-state index >= 15 is 0 Å². The molecule has 10 heteroatoms. The Bertz CT molecular complexity index is 866. The standard InChI is InChI=1S/C21H29F3N2O4S/c1-15(2)31(28,29)14-16-11-18(17-3-5-19(6-4-17)21(22,23)24)13-26(12-16)20(27)25-7-9-30-10-8-25/h3-6,15-16,18H,7-14H2,1-2H3. The Hall–Kier alpha value is -1.81. The number of ether oxygens (including phenoxy) is 1. The van der Waals surface area contributed by atoms with E-state index in [2.05, 4.69) is 0 Å². The number of rotatable bonds is 4. The lowest BCUT2D eigenvalue weighted by molar-refractivity contribution is -0.137. The molecule has 0 saturated carbocycles. The van der Waals surface area contributed by atoms with Crippen LogP contribution >= 0.6 is 0 Å². The molecule has 0 bridgehead atoms. The molecule has 2 aliphatic rings. The molecule has 2 fully saturated rings. The number of sulfone groups is 1. The summed E-state index contributed by atoms with van der Waals surface area (Å²) in [6, 6.07) is 4.77. The Morgan fingerprint density at radius 2 is 1.71 bits per heavy atom. The molecule has 1 aromatic carbocycles. The number of benzene rings is 1. The average molecular weight is 463 g/mol. The first-order valence-electron chi connectivity index (χ1n) is 10.5. The van der Waals surface area contributed by atoms with Crippen molar-refractivity contribution in [3.05, 3.63) is 35.4 Å². The smallest absolute Gasteiger partial charge is 0.378 e. The van der Waals surface area contributed by atoms with Crippen LogP contribution in [0.5, 0.6) is 0 Å². The van der Waals surface area contributed by atoms with Crippen molar-refractivity contribution in [3.8, 4) is 0 Å². The van der Waals surface area contributed by atoms with E-state index in [1.54, 1.807) is 23.6 Å². The predicted octanol–water partition coefficient (Wildman–Crippen LogP) is 3.39. The Morgan fingerprint density at radius 3 is 2.26 bits per heavy atom. The molecule has 2 unspecified atom stereocenters. The summed E-state index contributed by atoms with van der Waals surface area (Å²) in [5.74, 6) is -0.555. The third kappa shape index (κ3) is 5.91. The van der Waals surface area contributed by atoms with Crippen LogP contribution in [0.3, 0.4) is 0 Å². The van der Waals surface area contributed by atoms with Crippen LogP contribution in [0.4, 0.5) is 18.0 Å². The number of likely N-dealkylation sites (tertiary alicyclic amines) is 1. The van der Waals surface area contributed by atoms with Crippen molar-refractivity contribution in [2.45, 2.75) is 37.6 Å². The van der Waals surface area contributed by atoms with E-state index < -0.39 is 26.8 Å². The maximum Gasteiger partial charge on any atom is 0.416 e. The van der Waals surface area contributed by atoms with Crippen molar-refractivity contribution >= 4 is 15.9 Å². The van der Waals surface area contributed by atoms with Gasteiger partial charge in [-0.05, 0) is 43.9 Å². The lowest BCUT2D eigenvalue weighted by Crippen LogP contribution is -2.53. The predicted molar refractivity (Wildman–Crippen MR) is 111 cm³/mol. The Balaban J connectivity index is 1.82. The van der Waals surface area contributed by atoms with Crippen molar-refractivity contribution in [2.24, 2.45) is 5.92 Å². The van der Waals surface area contributed by atoms with Crippen LogP contribution < -0.4 is 0 Å². The van der Waals surface area contributed by atoms with Crippen LogP contribution in [0.2, 0.25) is 0 Å². The van der Waals surface area contributed by atoms with E-state index in [9.17, 15) is 26.4 Å². The van der Waals surface area contributed by atoms with Gasteiger partial charge in [-0.25, -0.2) is 13.2 Å². The number of carbonyl (C=O) groups excluding carboxylic acids is 1. The molecule has 3 rings (SSSR count). The lowest BCUT2D eigenvalue weighted by Gasteiger charge is -2.41. The highest BCUT2D eigenvalue weighted by Crippen LogP contribution is 2.35. The number of amides is 2. The lowest BCUT2D eigenvalue weighted by atomic mass is 9.85. The monoisotopic (exact) mass is 462 g/mol. The molecule has 2 aliphatic heterocycles. The number of morpholine rings is 1. The number of halogens is 3. The molecule has 2 atom stereocenters. The van der Waals surface area contributed by atoms with Crippen LogP contribution in [-0.2, 0) is 20.8 Å². The summed E-state index contributed by atoms with van der Waals surface area (Å²) in [4.78, 5) is 16.4. The second-order valence-electron chi connectivity index (χ2n) is 8.58. The highest BCUT2D eigenvalue weighted by atomic mass is 32.2. The molecule has 2 heterocycles. The molecule has 1 aromatic rings. The van der Waals surface area contributed by atoms with Crippen molar-refractivity contribution in [1.82, 2.24) is 9.80 Å². The van der Waals surface area contributed by atoms with Gasteiger partial charge in [0.05, 0.1) is 29.8 Å². The van der Waals surface area contributed by atoms with Gasteiger partial charge in [-0.15, -0.1) is 0 Å². The van der Waals surface area contributed by atoms with Gasteiger partial charge in [-0.3, -0.25) is 0 Å². The minimum Gasteiger partial charge on any atom is -0.378 e. The fraction of sp³-hybridized carbons (Fsp3) is 0.667. The summed E-state index contributed by atoms with van der Waals surface area (Å²) in [5, 5.41) is -0.526. The van der Waals surface area contributed by atoms with Gasteiger partial charge >= 0.3 is 12.2 Å². The number of nitrogens with zero attached hydrogens (tertiary/aromatic N) is 2. The van der Waals surface area contributed by atoms with Gasteiger partial charge in [-0.2, -0.15) is 13.2 Å². The molecular formula is C21H29F3N2O4S. The number of piperidine rings is 1. The van der Waals surface area contributed by atoms with Gasteiger partial charge in [0.15, 0.2) is 9.84 Å². The molecular weight excluding hydrogens is 433 g/mol. The molecule has 0 N–H and O–H groups in total. The topological polar surface area (TPSA) is 66.9 Å². The Kier molecular flexibility index (Phi) is 7.20. The van der Waals surface area contributed by atoms with Gasteiger partial charge < -0.3 is 14.5 Å². The number of hydrogen-bond acceptors (Lipinski definition) is 4. The van der Waals surface area contributed by atoms with Gasteiger partial charge in [-0.1, -0.05) is 12.1 Å². The molecule has 174 valence electrons. The highest BCUT2D eigenvalue weighted by molar-refractivity contribution is 7.91. The summed E-state index contributed by atoms with van der Waals surface area (Å²) in [6.07, 6.45) is -3.92. The normalized spacial score (nSPS) is 23.3. The first kappa shape index (κ1) is 23.8. The van der Waals surface area contributed by atoms with Gasteiger partial charge in [0.1, 0.15) is 0 Å². The number of carbonyl (C=O) groups is 1. The van der Waals surface area contributed by atoms with E-state index in [1.165, 1.54) is 12.1 Å². The second kappa shape index (κ2) is 9.36. The van der Waals surface area contributed by atoms with E-state index in [4.69, 9.17) is 4.74 Å². The first-order chi connectivity index (χ1) is 14.5. The zero-order valence-electron chi connectivity index (χ0n) is 17.8. The van der Waals surface area contributed by atoms with Crippen molar-refractivity contribution in [2.75, 3.05) is 45.1 Å². The molecule has 0 aliphatic carbocycles. The third-order valence-corrected chi connectivity index (χ3v) is 8.36. The van der Waals surface area contributed by atoms with Gasteiger partial charge in [0, 0.05) is 32.1 Å². The average Bonchev–Trinajstić information content (AvgIpc) is 2.72. The summed E-state index contributed by atoms with van der Waals surface area (Å²) < 4.78 is 69.1. The van der Waals surface area contributed by atoms with Crippen LogP contribution in [0.25, 0.3) is 0 Å². The summed E-state index contributed by atoms with van der Waals surface area (Å²) in [7, 11) is -3.32. The van der Waals surface area contributed by atoms with Gasteiger partial charge in [0.25, 0.3) is 0 Å². The first-order valence-corrected chi connectivity index (χ1v) is 12.2. The minimum atomic E-state index is -4.42. The molecule has 6 nitrogen and oxygen atoms in total. The minimum absolute atomic E-state index is 0.0469. The van der Waals surface area contributed by atoms with E-state index in [1.807, 2.05) is 0 Å². The molecule has 2 saturated heterocycles. The number of urea groups is 1. The summed E-state index contributed by atoms with van der Waals surface area (Å²) >= 11 is 0. The van der Waals surface area contributed by atoms with Crippen LogP contribution in [-0.4, -0.2) is 74.6 Å². The van der Waals surface area contributed by atoms with Crippen molar-refractivity contribution in [1.29, 1.82) is 0 Å². The molecule has 2 amide bonds. The highest BCUT2D eigenvalue weighted by Gasteiger charge is 2.36. The largest absolute Gasteiger partial charge is 0.416 e. The molecule has 31 heavy (non-hydrogen) atoms. The van der Waals surface area contributed by atoms with E-state index in [-0.39, 0.29) is 23.6 Å². The van der Waals surface area contributed by atoms with Crippen LogP contribution in [0.15, 0.2) is 24.3 Å². The zero-order valence-corrected chi connectivity index (χ0v) is 18.6. The summed E-state index contributed by atoms with van der Waals surface area (Å²) in [6.45, 7) is 5.76. The summed E-state index contributed by atoms with van der Waals surface area (Å²) in [5.41, 5.74) is -0.0494. The maximum absolute atomic E-state index is 13.1. The van der Waals surface area contributed by atoms with E-state index in [0.29, 0.717) is 51.4 Å². The molecule has 0 spiro atoms. The Labute approximate surface area is 181 Å². The van der Waals surface area contributed by atoms with Crippen LogP contribution in [0, 0.1) is 5.92 Å². The quantitative estimate of drug-likeness (QED) is 0.688. The molecule has 0 radical (unpaired) electrons. The third-order valence-electron chi connectivity index (χ3n) is 5.98. The maximum atomic E-state index is 13.1. The van der Waals surface area contributed by atoms with E-state index in [0.717, 1.165) is 12.1 Å². The number of alkyl halides is 3.